The second kappa shape index (κ2) is 5.24. The van der Waals surface area contributed by atoms with Crippen LogP contribution in [0.2, 0.25) is 5.02 Å². The number of benzene rings is 1. The highest BCUT2D eigenvalue weighted by Gasteiger charge is 2.49. The maximum absolute atomic E-state index is 13.9. The molecule has 1 aromatic rings. The van der Waals surface area contributed by atoms with E-state index in [0.717, 1.165) is 23.7 Å². The maximum Gasteiger partial charge on any atom is 0.126 e. The van der Waals surface area contributed by atoms with Crippen LogP contribution in [0.1, 0.15) is 37.7 Å². The summed E-state index contributed by atoms with van der Waals surface area (Å²) in [4.78, 5) is 0. The van der Waals surface area contributed by atoms with Crippen molar-refractivity contribution in [1.29, 1.82) is 0 Å². The zero-order chi connectivity index (χ0) is 14.6. The van der Waals surface area contributed by atoms with Gasteiger partial charge in [-0.1, -0.05) is 11.6 Å². The summed E-state index contributed by atoms with van der Waals surface area (Å²) in [6, 6.07) is 4.89. The molecule has 4 aliphatic rings. The summed E-state index contributed by atoms with van der Waals surface area (Å²) in [5.41, 5.74) is 7.22. The van der Waals surface area contributed by atoms with Crippen LogP contribution in [0, 0.1) is 35.4 Å². The summed E-state index contributed by atoms with van der Waals surface area (Å²) >= 11 is 6.00. The van der Waals surface area contributed by atoms with Crippen molar-refractivity contribution in [3.05, 3.63) is 34.6 Å². The first kappa shape index (κ1) is 14.0. The van der Waals surface area contributed by atoms with Crippen LogP contribution in [0.4, 0.5) is 4.39 Å². The largest absolute Gasteiger partial charge is 0.327 e. The van der Waals surface area contributed by atoms with Crippen molar-refractivity contribution in [3.8, 4) is 0 Å². The topological polar surface area (TPSA) is 26.0 Å². The van der Waals surface area contributed by atoms with Gasteiger partial charge in [-0.15, -0.1) is 0 Å². The van der Waals surface area contributed by atoms with Crippen molar-refractivity contribution in [3.63, 3.8) is 0 Å². The Balaban J connectivity index is 1.52. The molecule has 1 nitrogen and oxygen atoms in total. The summed E-state index contributed by atoms with van der Waals surface area (Å²) in [6.07, 6.45) is 7.54. The summed E-state index contributed by atoms with van der Waals surface area (Å²) in [6.45, 7) is 0. The van der Waals surface area contributed by atoms with Gasteiger partial charge >= 0.3 is 0 Å². The molecule has 0 amide bonds. The fraction of sp³-hybridized carbons (Fsp3) is 0.667. The van der Waals surface area contributed by atoms with Gasteiger partial charge in [0.15, 0.2) is 0 Å². The third-order valence-electron chi connectivity index (χ3n) is 6.26. The molecule has 4 saturated carbocycles. The third-order valence-corrected chi connectivity index (χ3v) is 6.49. The molecule has 0 spiro atoms. The molecule has 0 aromatic heterocycles. The van der Waals surface area contributed by atoms with Crippen LogP contribution in [0.5, 0.6) is 0 Å². The Hall–Kier alpha value is -0.600. The van der Waals surface area contributed by atoms with Gasteiger partial charge in [0.2, 0.25) is 0 Å². The molecular weight excluding hydrogens is 285 g/mol. The lowest BCUT2D eigenvalue weighted by Crippen LogP contribution is -2.52. The van der Waals surface area contributed by atoms with Crippen molar-refractivity contribution in [2.45, 2.75) is 44.6 Å². The van der Waals surface area contributed by atoms with Crippen molar-refractivity contribution in [2.24, 2.45) is 35.3 Å². The molecule has 5 rings (SSSR count). The molecule has 1 aromatic carbocycles. The Morgan fingerprint density at radius 3 is 2.33 bits per heavy atom. The fourth-order valence-corrected chi connectivity index (χ4v) is 5.95. The highest BCUT2D eigenvalue weighted by molar-refractivity contribution is 6.30. The molecule has 0 aliphatic heterocycles. The molecule has 4 bridgehead atoms. The van der Waals surface area contributed by atoms with Crippen LogP contribution in [0.25, 0.3) is 0 Å². The fourth-order valence-electron chi connectivity index (χ4n) is 5.76. The zero-order valence-corrected chi connectivity index (χ0v) is 13.0. The van der Waals surface area contributed by atoms with Crippen molar-refractivity contribution >= 4 is 11.6 Å². The number of halogens is 2. The molecule has 0 radical (unpaired) electrons. The molecule has 3 heteroatoms. The van der Waals surface area contributed by atoms with Gasteiger partial charge in [0.1, 0.15) is 5.82 Å². The molecule has 4 aliphatic carbocycles. The predicted octanol–water partition coefficient (Wildman–Crippen LogP) is 4.42. The standard InChI is InChI=1S/C18H23ClFN/c19-15-1-2-16(20)12(8-15)9-17(21)18-13-4-10-3-11(6-13)7-14(18)5-10/h1-2,8,10-11,13-14,17-18H,3-7,9,21H2. The molecule has 21 heavy (non-hydrogen) atoms. The minimum atomic E-state index is -0.168. The summed E-state index contributed by atoms with van der Waals surface area (Å²) < 4.78 is 13.9. The Kier molecular flexibility index (Phi) is 3.50. The van der Waals surface area contributed by atoms with Gasteiger partial charge in [0, 0.05) is 11.1 Å². The first-order valence-electron chi connectivity index (χ1n) is 8.29. The summed E-state index contributed by atoms with van der Waals surface area (Å²) in [5, 5.41) is 0.601. The van der Waals surface area contributed by atoms with E-state index in [9.17, 15) is 4.39 Å². The first-order chi connectivity index (χ1) is 10.1. The van der Waals surface area contributed by atoms with E-state index in [4.69, 9.17) is 17.3 Å². The maximum atomic E-state index is 13.9. The lowest BCUT2D eigenvalue weighted by Gasteiger charge is -2.56. The van der Waals surface area contributed by atoms with Crippen molar-refractivity contribution < 1.29 is 4.39 Å². The molecule has 0 heterocycles. The smallest absolute Gasteiger partial charge is 0.126 e. The molecule has 4 fully saturated rings. The van der Waals surface area contributed by atoms with Crippen LogP contribution >= 0.6 is 11.6 Å². The quantitative estimate of drug-likeness (QED) is 0.879. The molecular formula is C18H23ClFN. The van der Waals surface area contributed by atoms with E-state index in [1.807, 2.05) is 0 Å². The van der Waals surface area contributed by atoms with Crippen molar-refractivity contribution in [1.82, 2.24) is 0 Å². The van der Waals surface area contributed by atoms with Gasteiger partial charge in [0.25, 0.3) is 0 Å². The van der Waals surface area contributed by atoms with Gasteiger partial charge in [-0.2, -0.15) is 0 Å². The number of nitrogens with two attached hydrogens (primary N) is 1. The Morgan fingerprint density at radius 1 is 1.10 bits per heavy atom. The van der Waals surface area contributed by atoms with Gasteiger partial charge < -0.3 is 5.73 Å². The van der Waals surface area contributed by atoms with E-state index in [0.29, 0.717) is 22.9 Å². The molecule has 0 saturated heterocycles. The Morgan fingerprint density at radius 2 is 1.71 bits per heavy atom. The van der Waals surface area contributed by atoms with Crippen molar-refractivity contribution in [2.75, 3.05) is 0 Å². The van der Waals surface area contributed by atoms with Crippen LogP contribution in [0.3, 0.4) is 0 Å². The van der Waals surface area contributed by atoms with E-state index in [2.05, 4.69) is 0 Å². The van der Waals surface area contributed by atoms with E-state index >= 15 is 0 Å². The molecule has 2 N–H and O–H groups in total. The van der Waals surface area contributed by atoms with Crippen LogP contribution < -0.4 is 5.73 Å². The summed E-state index contributed by atoms with van der Waals surface area (Å²) in [7, 11) is 0. The van der Waals surface area contributed by atoms with E-state index in [-0.39, 0.29) is 11.9 Å². The highest BCUT2D eigenvalue weighted by Crippen LogP contribution is 2.57. The van der Waals surface area contributed by atoms with Crippen LogP contribution in [-0.4, -0.2) is 6.04 Å². The molecule has 114 valence electrons. The highest BCUT2D eigenvalue weighted by atomic mass is 35.5. The number of hydrogen-bond donors (Lipinski definition) is 1. The minimum Gasteiger partial charge on any atom is -0.327 e. The summed E-state index contributed by atoms with van der Waals surface area (Å²) in [5.74, 6) is 3.92. The number of hydrogen-bond acceptors (Lipinski definition) is 1. The Bertz CT molecular complexity index is 516. The Labute approximate surface area is 131 Å². The second-order valence-electron chi connectivity index (χ2n) is 7.61. The van der Waals surface area contributed by atoms with E-state index < -0.39 is 0 Å². The van der Waals surface area contributed by atoms with Gasteiger partial charge in [-0.25, -0.2) is 4.39 Å². The normalized spacial score (nSPS) is 38.7. The number of rotatable bonds is 3. The average molecular weight is 308 g/mol. The van der Waals surface area contributed by atoms with Gasteiger partial charge in [0.05, 0.1) is 0 Å². The third kappa shape index (κ3) is 2.51. The lowest BCUT2D eigenvalue weighted by molar-refractivity contribution is -0.0465. The molecule has 1 atom stereocenters. The molecule has 1 unspecified atom stereocenters. The first-order valence-corrected chi connectivity index (χ1v) is 8.67. The van der Waals surface area contributed by atoms with E-state index in [1.54, 1.807) is 12.1 Å². The van der Waals surface area contributed by atoms with Crippen LogP contribution in [-0.2, 0) is 6.42 Å². The van der Waals surface area contributed by atoms with Gasteiger partial charge in [-0.05, 0) is 91.9 Å². The van der Waals surface area contributed by atoms with Crippen LogP contribution in [0.15, 0.2) is 18.2 Å². The zero-order valence-electron chi connectivity index (χ0n) is 12.3. The van der Waals surface area contributed by atoms with E-state index in [1.165, 1.54) is 38.2 Å². The second-order valence-corrected chi connectivity index (χ2v) is 8.05. The predicted molar refractivity (Wildman–Crippen MR) is 83.6 cm³/mol. The average Bonchev–Trinajstić information content (AvgIpc) is 2.41. The SMILES string of the molecule is NC(Cc1cc(Cl)ccc1F)C1C2CC3CC(C2)CC1C3. The lowest BCUT2D eigenvalue weighted by atomic mass is 9.50. The minimum absolute atomic E-state index is 0.0768. The monoisotopic (exact) mass is 307 g/mol. The van der Waals surface area contributed by atoms with Gasteiger partial charge in [-0.3, -0.25) is 0 Å².